The van der Waals surface area contributed by atoms with E-state index in [2.05, 4.69) is 22.6 Å². The van der Waals surface area contributed by atoms with Gasteiger partial charge in [0.05, 0.1) is 5.69 Å². The number of benzene rings is 3. The van der Waals surface area contributed by atoms with Gasteiger partial charge in [-0.05, 0) is 74.0 Å². The third kappa shape index (κ3) is 6.47. The summed E-state index contributed by atoms with van der Waals surface area (Å²) in [6.07, 6.45) is 0.962. The fourth-order valence-corrected chi connectivity index (χ4v) is 3.92. The average Bonchev–Trinajstić information content (AvgIpc) is 2.80. The molecule has 34 heavy (non-hydrogen) atoms. The molecule has 3 rings (SSSR count). The highest BCUT2D eigenvalue weighted by molar-refractivity contribution is 14.1. The first-order chi connectivity index (χ1) is 16.2. The fourth-order valence-electron chi connectivity index (χ4n) is 3.30. The van der Waals surface area contributed by atoms with Gasteiger partial charge in [-0.1, -0.05) is 66.7 Å². The van der Waals surface area contributed by atoms with Crippen LogP contribution in [0, 0.1) is 3.57 Å². The van der Waals surface area contributed by atoms with Crippen LogP contribution in [0.3, 0.4) is 0 Å². The molecule has 0 radical (unpaired) electrons. The standard InChI is InChI=1S/C28H28INO4/c1-5-21(22-15-9-12-18-25(22)33-19-20-13-7-6-8-14-20)26(31)30(27(32)34-28(2,3)4)24-17-11-10-16-23(24)29/h5-18H,19H2,1-4H3/b21-5+. The van der Waals surface area contributed by atoms with E-state index in [1.54, 1.807) is 45.9 Å². The number of anilines is 1. The van der Waals surface area contributed by atoms with Crippen LogP contribution in [0.15, 0.2) is 84.9 Å². The smallest absolute Gasteiger partial charge is 0.422 e. The molecule has 2 amide bonds. The van der Waals surface area contributed by atoms with Gasteiger partial charge in [-0.2, -0.15) is 0 Å². The van der Waals surface area contributed by atoms with Gasteiger partial charge in [-0.15, -0.1) is 0 Å². The molecular formula is C28H28INO4. The van der Waals surface area contributed by atoms with Gasteiger partial charge in [-0.3, -0.25) is 4.79 Å². The van der Waals surface area contributed by atoms with Crippen LogP contribution in [0.25, 0.3) is 5.57 Å². The molecule has 0 aliphatic carbocycles. The summed E-state index contributed by atoms with van der Waals surface area (Å²) in [7, 11) is 0. The Hall–Kier alpha value is -3.13. The lowest BCUT2D eigenvalue weighted by atomic mass is 10.0. The monoisotopic (exact) mass is 569 g/mol. The zero-order valence-corrected chi connectivity index (χ0v) is 21.9. The van der Waals surface area contributed by atoms with Gasteiger partial charge in [0.15, 0.2) is 0 Å². The Morgan fingerprint density at radius 1 is 0.912 bits per heavy atom. The van der Waals surface area contributed by atoms with Crippen LogP contribution >= 0.6 is 22.6 Å². The molecule has 3 aromatic rings. The highest BCUT2D eigenvalue weighted by Gasteiger charge is 2.33. The van der Waals surface area contributed by atoms with E-state index in [4.69, 9.17) is 9.47 Å². The molecule has 0 atom stereocenters. The Kier molecular flexibility index (Phi) is 8.50. The van der Waals surface area contributed by atoms with E-state index >= 15 is 0 Å². The quantitative estimate of drug-likeness (QED) is 0.232. The van der Waals surface area contributed by atoms with Crippen molar-refractivity contribution in [2.24, 2.45) is 0 Å². The molecule has 5 nitrogen and oxygen atoms in total. The van der Waals surface area contributed by atoms with E-state index in [0.29, 0.717) is 29.2 Å². The number of hydrogen-bond donors (Lipinski definition) is 0. The van der Waals surface area contributed by atoms with Gasteiger partial charge in [0.1, 0.15) is 18.0 Å². The highest BCUT2D eigenvalue weighted by atomic mass is 127. The van der Waals surface area contributed by atoms with Gasteiger partial charge >= 0.3 is 6.09 Å². The minimum atomic E-state index is -0.761. The van der Waals surface area contributed by atoms with Crippen LogP contribution < -0.4 is 9.64 Å². The first-order valence-corrected chi connectivity index (χ1v) is 12.0. The van der Waals surface area contributed by atoms with Crippen molar-refractivity contribution < 1.29 is 19.1 Å². The summed E-state index contributed by atoms with van der Waals surface area (Å²) >= 11 is 2.11. The Labute approximate surface area is 214 Å². The van der Waals surface area contributed by atoms with Gasteiger partial charge in [0.2, 0.25) is 0 Å². The molecule has 0 bridgehead atoms. The van der Waals surface area contributed by atoms with Crippen LogP contribution in [0.4, 0.5) is 10.5 Å². The average molecular weight is 569 g/mol. The summed E-state index contributed by atoms with van der Waals surface area (Å²) in [4.78, 5) is 28.2. The maximum atomic E-state index is 13.9. The van der Waals surface area contributed by atoms with Crippen molar-refractivity contribution >= 4 is 45.9 Å². The summed E-state index contributed by atoms with van der Waals surface area (Å²) < 4.78 is 12.4. The summed E-state index contributed by atoms with van der Waals surface area (Å²) in [6, 6.07) is 24.3. The second-order valence-electron chi connectivity index (χ2n) is 8.55. The zero-order chi connectivity index (χ0) is 24.7. The van der Waals surface area contributed by atoms with Gasteiger partial charge < -0.3 is 9.47 Å². The summed E-state index contributed by atoms with van der Waals surface area (Å²) in [6.45, 7) is 7.44. The maximum Gasteiger partial charge on any atom is 0.422 e. The Bertz CT molecular complexity index is 1180. The Morgan fingerprint density at radius 2 is 1.53 bits per heavy atom. The summed E-state index contributed by atoms with van der Waals surface area (Å²) in [5, 5.41) is 0. The Balaban J connectivity index is 1.99. The normalized spacial score (nSPS) is 11.6. The van der Waals surface area contributed by atoms with Crippen LogP contribution in [-0.2, 0) is 16.1 Å². The molecule has 0 unspecified atom stereocenters. The molecule has 0 N–H and O–H groups in total. The first-order valence-electron chi connectivity index (χ1n) is 11.0. The molecule has 6 heteroatoms. The lowest BCUT2D eigenvalue weighted by Gasteiger charge is -2.28. The minimum absolute atomic E-state index is 0.342. The summed E-state index contributed by atoms with van der Waals surface area (Å²) in [5.41, 5.74) is 1.66. The lowest BCUT2D eigenvalue weighted by Crippen LogP contribution is -2.42. The van der Waals surface area contributed by atoms with E-state index < -0.39 is 17.6 Å². The SMILES string of the molecule is C/C=C(/C(=O)N(C(=O)OC(C)(C)C)c1ccccc1I)c1ccccc1OCc1ccccc1. The van der Waals surface area contributed by atoms with Crippen LogP contribution in [0.1, 0.15) is 38.8 Å². The predicted molar refractivity (Wildman–Crippen MR) is 144 cm³/mol. The number of hydrogen-bond acceptors (Lipinski definition) is 4. The van der Waals surface area contributed by atoms with Crippen molar-refractivity contribution in [3.05, 3.63) is 99.6 Å². The molecule has 0 aliphatic rings. The largest absolute Gasteiger partial charge is 0.488 e. The molecule has 176 valence electrons. The molecule has 0 saturated heterocycles. The zero-order valence-electron chi connectivity index (χ0n) is 19.7. The number of rotatable bonds is 6. The second kappa shape index (κ2) is 11.3. The van der Waals surface area contributed by atoms with E-state index in [-0.39, 0.29) is 0 Å². The maximum absolute atomic E-state index is 13.9. The van der Waals surface area contributed by atoms with Gasteiger partial charge in [0, 0.05) is 14.7 Å². The van der Waals surface area contributed by atoms with Crippen molar-refractivity contribution in [1.82, 2.24) is 0 Å². The number of carbonyl (C=O) groups excluding carboxylic acids is 2. The molecule has 0 saturated carbocycles. The number of nitrogens with zero attached hydrogens (tertiary/aromatic N) is 1. The van der Waals surface area contributed by atoms with Crippen molar-refractivity contribution in [1.29, 1.82) is 0 Å². The number of ether oxygens (including phenoxy) is 2. The molecule has 0 spiro atoms. The molecule has 0 fully saturated rings. The summed E-state index contributed by atoms with van der Waals surface area (Å²) in [5.74, 6) is 0.0660. The third-order valence-electron chi connectivity index (χ3n) is 4.81. The number of imide groups is 1. The Morgan fingerprint density at radius 3 is 2.18 bits per heavy atom. The van der Waals surface area contributed by atoms with E-state index in [1.807, 2.05) is 66.7 Å². The fraction of sp³-hybridized carbons (Fsp3) is 0.214. The topological polar surface area (TPSA) is 55.8 Å². The van der Waals surface area contributed by atoms with Crippen LogP contribution in [0.5, 0.6) is 5.75 Å². The van der Waals surface area contributed by atoms with Crippen LogP contribution in [0.2, 0.25) is 0 Å². The van der Waals surface area contributed by atoms with Crippen LogP contribution in [-0.4, -0.2) is 17.6 Å². The molecule has 0 heterocycles. The van der Waals surface area contributed by atoms with E-state index in [0.717, 1.165) is 14.0 Å². The molecule has 0 aromatic heterocycles. The van der Waals surface area contributed by atoms with Gasteiger partial charge in [-0.25, -0.2) is 9.69 Å². The number of carbonyl (C=O) groups is 2. The number of amides is 2. The van der Waals surface area contributed by atoms with E-state index in [1.165, 1.54) is 0 Å². The number of para-hydroxylation sites is 2. The molecule has 3 aromatic carbocycles. The van der Waals surface area contributed by atoms with Gasteiger partial charge in [0.25, 0.3) is 5.91 Å². The first kappa shape index (κ1) is 25.5. The lowest BCUT2D eigenvalue weighted by molar-refractivity contribution is -0.113. The third-order valence-corrected chi connectivity index (χ3v) is 5.72. The number of allylic oxidation sites excluding steroid dienone is 1. The minimum Gasteiger partial charge on any atom is -0.488 e. The molecule has 0 aliphatic heterocycles. The second-order valence-corrected chi connectivity index (χ2v) is 9.71. The van der Waals surface area contributed by atoms with Crippen molar-refractivity contribution in [2.75, 3.05) is 4.90 Å². The van der Waals surface area contributed by atoms with Crippen molar-refractivity contribution in [2.45, 2.75) is 39.9 Å². The predicted octanol–water partition coefficient (Wildman–Crippen LogP) is 7.24. The highest BCUT2D eigenvalue weighted by Crippen LogP contribution is 2.32. The van der Waals surface area contributed by atoms with Crippen molar-refractivity contribution in [3.8, 4) is 5.75 Å². The molecular weight excluding hydrogens is 541 g/mol. The van der Waals surface area contributed by atoms with E-state index in [9.17, 15) is 9.59 Å². The van der Waals surface area contributed by atoms with Crippen molar-refractivity contribution in [3.63, 3.8) is 0 Å². The number of halogens is 1.